The Bertz CT molecular complexity index is 196. The summed E-state index contributed by atoms with van der Waals surface area (Å²) in [5.74, 6) is 1.44. The van der Waals surface area contributed by atoms with Crippen LogP contribution >= 0.6 is 0 Å². The fourth-order valence-electron chi connectivity index (χ4n) is 1.78. The molecule has 1 aliphatic rings. The second-order valence-electron chi connectivity index (χ2n) is 3.94. The average molecular weight is 162 g/mol. The Balaban J connectivity index is 2.26. The first-order valence-corrected chi connectivity index (χ1v) is 4.68. The van der Waals surface area contributed by atoms with Crippen LogP contribution in [0.15, 0.2) is 36.5 Å². The van der Waals surface area contributed by atoms with Crippen LogP contribution in [-0.2, 0) is 0 Å². The molecule has 1 atom stereocenters. The van der Waals surface area contributed by atoms with Gasteiger partial charge in [-0.3, -0.25) is 0 Å². The Hall–Kier alpha value is -0.780. The molecule has 0 aromatic carbocycles. The van der Waals surface area contributed by atoms with E-state index in [0.717, 1.165) is 12.3 Å². The quantitative estimate of drug-likeness (QED) is 0.553. The van der Waals surface area contributed by atoms with Crippen LogP contribution in [0.25, 0.3) is 0 Å². The van der Waals surface area contributed by atoms with E-state index >= 15 is 0 Å². The van der Waals surface area contributed by atoms with E-state index in [1.165, 1.54) is 12.0 Å². The van der Waals surface area contributed by atoms with E-state index < -0.39 is 0 Å². The van der Waals surface area contributed by atoms with E-state index in [2.05, 4.69) is 44.7 Å². The third-order valence-electron chi connectivity index (χ3n) is 2.20. The van der Waals surface area contributed by atoms with Crippen molar-refractivity contribution in [2.45, 2.75) is 26.7 Å². The number of rotatable bonds is 4. The highest BCUT2D eigenvalue weighted by molar-refractivity contribution is 5.17. The first-order valence-electron chi connectivity index (χ1n) is 4.68. The van der Waals surface area contributed by atoms with Gasteiger partial charge in [0.25, 0.3) is 0 Å². The lowest BCUT2D eigenvalue weighted by Gasteiger charge is -2.13. The molecule has 0 radical (unpaired) electrons. The van der Waals surface area contributed by atoms with Crippen molar-refractivity contribution in [1.82, 2.24) is 0 Å². The highest BCUT2D eigenvalue weighted by Crippen LogP contribution is 2.22. The summed E-state index contributed by atoms with van der Waals surface area (Å²) in [5, 5.41) is 0. The summed E-state index contributed by atoms with van der Waals surface area (Å²) in [6, 6.07) is 0. The number of hydrogen-bond acceptors (Lipinski definition) is 0. The zero-order valence-corrected chi connectivity index (χ0v) is 8.09. The summed E-state index contributed by atoms with van der Waals surface area (Å²) < 4.78 is 0. The van der Waals surface area contributed by atoms with Crippen LogP contribution < -0.4 is 0 Å². The average Bonchev–Trinajstić information content (AvgIpc) is 2.37. The second kappa shape index (κ2) is 4.30. The normalized spacial score (nSPS) is 18.5. The Kier molecular flexibility index (Phi) is 3.33. The summed E-state index contributed by atoms with van der Waals surface area (Å²) in [6.45, 7) is 8.34. The van der Waals surface area contributed by atoms with Gasteiger partial charge in [-0.15, -0.1) is 6.58 Å². The molecule has 0 saturated heterocycles. The SMILES string of the molecule is C=C(C)CC(C)CC1C=CC=C1. The summed E-state index contributed by atoms with van der Waals surface area (Å²) in [5.41, 5.74) is 1.30. The molecule has 0 aromatic rings. The molecule has 0 bridgehead atoms. The molecule has 0 amide bonds. The van der Waals surface area contributed by atoms with E-state index in [1.807, 2.05) is 0 Å². The lowest BCUT2D eigenvalue weighted by molar-refractivity contribution is 0.489. The van der Waals surface area contributed by atoms with Crippen LogP contribution in [0.2, 0.25) is 0 Å². The molecule has 0 saturated carbocycles. The molecule has 0 spiro atoms. The number of allylic oxidation sites excluding steroid dienone is 5. The Morgan fingerprint density at radius 1 is 1.42 bits per heavy atom. The van der Waals surface area contributed by atoms with Crippen molar-refractivity contribution in [1.29, 1.82) is 0 Å². The van der Waals surface area contributed by atoms with Crippen LogP contribution in [0.4, 0.5) is 0 Å². The largest absolute Gasteiger partial charge is 0.100 e. The first kappa shape index (κ1) is 9.31. The fourth-order valence-corrected chi connectivity index (χ4v) is 1.78. The van der Waals surface area contributed by atoms with Gasteiger partial charge in [0.15, 0.2) is 0 Å². The molecular weight excluding hydrogens is 144 g/mol. The van der Waals surface area contributed by atoms with Gasteiger partial charge < -0.3 is 0 Å². The molecule has 66 valence electrons. The number of hydrogen-bond donors (Lipinski definition) is 0. The van der Waals surface area contributed by atoms with Crippen LogP contribution in [0.5, 0.6) is 0 Å². The van der Waals surface area contributed by atoms with Gasteiger partial charge in [-0.1, -0.05) is 36.8 Å². The van der Waals surface area contributed by atoms with Crippen molar-refractivity contribution >= 4 is 0 Å². The van der Waals surface area contributed by atoms with Crippen LogP contribution in [0.3, 0.4) is 0 Å². The molecule has 0 heterocycles. The molecule has 1 unspecified atom stereocenters. The van der Waals surface area contributed by atoms with E-state index in [-0.39, 0.29) is 0 Å². The lowest BCUT2D eigenvalue weighted by Crippen LogP contribution is -2.01. The van der Waals surface area contributed by atoms with Gasteiger partial charge in [0.1, 0.15) is 0 Å². The summed E-state index contributed by atoms with van der Waals surface area (Å²) in [6.07, 6.45) is 11.2. The minimum Gasteiger partial charge on any atom is -0.100 e. The molecule has 0 nitrogen and oxygen atoms in total. The minimum absolute atomic E-state index is 0.680. The zero-order chi connectivity index (χ0) is 8.97. The van der Waals surface area contributed by atoms with Crippen molar-refractivity contribution < 1.29 is 0 Å². The van der Waals surface area contributed by atoms with Crippen LogP contribution in [0.1, 0.15) is 26.7 Å². The van der Waals surface area contributed by atoms with E-state index in [1.54, 1.807) is 0 Å². The van der Waals surface area contributed by atoms with Crippen LogP contribution in [0, 0.1) is 11.8 Å². The Morgan fingerprint density at radius 2 is 2.00 bits per heavy atom. The topological polar surface area (TPSA) is 0 Å². The molecular formula is C12H18. The predicted molar refractivity (Wildman–Crippen MR) is 55.0 cm³/mol. The predicted octanol–water partition coefficient (Wildman–Crippen LogP) is 3.72. The highest BCUT2D eigenvalue weighted by atomic mass is 14.1. The molecule has 0 N–H and O–H groups in total. The third-order valence-corrected chi connectivity index (χ3v) is 2.20. The van der Waals surface area contributed by atoms with Crippen molar-refractivity contribution in [2.24, 2.45) is 11.8 Å². The van der Waals surface area contributed by atoms with E-state index in [0.29, 0.717) is 5.92 Å². The fraction of sp³-hybridized carbons (Fsp3) is 0.500. The van der Waals surface area contributed by atoms with Crippen molar-refractivity contribution in [3.63, 3.8) is 0 Å². The van der Waals surface area contributed by atoms with Gasteiger partial charge >= 0.3 is 0 Å². The molecule has 0 heteroatoms. The van der Waals surface area contributed by atoms with E-state index in [4.69, 9.17) is 0 Å². The van der Waals surface area contributed by atoms with Gasteiger partial charge in [-0.05, 0) is 31.6 Å². The molecule has 12 heavy (non-hydrogen) atoms. The van der Waals surface area contributed by atoms with Gasteiger partial charge in [0, 0.05) is 0 Å². The molecule has 1 rings (SSSR count). The highest BCUT2D eigenvalue weighted by Gasteiger charge is 2.09. The van der Waals surface area contributed by atoms with Crippen LogP contribution in [-0.4, -0.2) is 0 Å². The van der Waals surface area contributed by atoms with Crippen molar-refractivity contribution in [3.8, 4) is 0 Å². The molecule has 0 aromatic heterocycles. The minimum atomic E-state index is 0.680. The first-order chi connectivity index (χ1) is 5.68. The standard InChI is InChI=1S/C12H18/c1-10(2)8-11(3)9-12-6-4-5-7-12/h4-7,11-12H,1,8-9H2,2-3H3. The smallest absolute Gasteiger partial charge is 0.00446 e. The van der Waals surface area contributed by atoms with Crippen molar-refractivity contribution in [2.75, 3.05) is 0 Å². The summed E-state index contributed by atoms with van der Waals surface area (Å²) in [7, 11) is 0. The van der Waals surface area contributed by atoms with E-state index in [9.17, 15) is 0 Å². The van der Waals surface area contributed by atoms with Gasteiger partial charge in [0.2, 0.25) is 0 Å². The maximum Gasteiger partial charge on any atom is -0.00446 e. The van der Waals surface area contributed by atoms with Gasteiger partial charge in [-0.25, -0.2) is 0 Å². The lowest BCUT2D eigenvalue weighted by atomic mass is 9.92. The molecule has 1 aliphatic carbocycles. The maximum absolute atomic E-state index is 3.93. The Labute approximate surface area is 75.7 Å². The second-order valence-corrected chi connectivity index (χ2v) is 3.94. The Morgan fingerprint density at radius 3 is 2.50 bits per heavy atom. The summed E-state index contributed by atoms with van der Waals surface area (Å²) >= 11 is 0. The third kappa shape index (κ3) is 3.08. The maximum atomic E-state index is 3.93. The molecule has 0 aliphatic heterocycles. The summed E-state index contributed by atoms with van der Waals surface area (Å²) in [4.78, 5) is 0. The monoisotopic (exact) mass is 162 g/mol. The molecule has 0 fully saturated rings. The van der Waals surface area contributed by atoms with Gasteiger partial charge in [-0.2, -0.15) is 0 Å². The zero-order valence-electron chi connectivity index (χ0n) is 8.09. The van der Waals surface area contributed by atoms with Gasteiger partial charge in [0.05, 0.1) is 0 Å². The van der Waals surface area contributed by atoms with Crippen molar-refractivity contribution in [3.05, 3.63) is 36.5 Å².